The maximum Gasteiger partial charge on any atom is 0.0227 e. The molecule has 1 heterocycles. The molecule has 1 saturated heterocycles. The summed E-state index contributed by atoms with van der Waals surface area (Å²) in [6.45, 7) is 1.24. The first-order chi connectivity index (χ1) is 3.47. The van der Waals surface area contributed by atoms with Gasteiger partial charge in [0.05, 0.1) is 0 Å². The molecule has 1 unspecified atom stereocenters. The predicted molar refractivity (Wildman–Crippen MR) is 28.8 cm³/mol. The molecule has 2 rings (SSSR count). The van der Waals surface area contributed by atoms with E-state index in [1.807, 2.05) is 0 Å². The predicted octanol–water partition coefficient (Wildman–Crippen LogP) is 0.883. The molecule has 0 saturated carbocycles. The Hall–Kier alpha value is -0.460. The molecule has 1 aliphatic carbocycles. The van der Waals surface area contributed by atoms with E-state index in [4.69, 9.17) is 0 Å². The van der Waals surface area contributed by atoms with E-state index in [1.165, 1.54) is 25.1 Å². The average molecular weight is 95.1 g/mol. The normalized spacial score (nSPS) is 35.4. The van der Waals surface area contributed by atoms with E-state index in [1.54, 1.807) is 0 Å². The van der Waals surface area contributed by atoms with Gasteiger partial charge in [0.1, 0.15) is 0 Å². The van der Waals surface area contributed by atoms with Gasteiger partial charge in [0.15, 0.2) is 0 Å². The number of fused-ring (bicyclic) bond motifs is 1. The second-order valence-corrected chi connectivity index (χ2v) is 2.31. The van der Waals surface area contributed by atoms with Crippen LogP contribution in [0.1, 0.15) is 12.8 Å². The zero-order chi connectivity index (χ0) is 4.69. The standard InChI is InChI=1S/C6H9N/c1-2-5-4-7-6(5)3-1/h3,5,7H,1-2,4H2. The number of hydrogen-bond acceptors (Lipinski definition) is 1. The minimum absolute atomic E-state index is 0.944. The van der Waals surface area contributed by atoms with Crippen LogP contribution in [0.4, 0.5) is 0 Å². The molecule has 1 atom stereocenters. The first-order valence-electron chi connectivity index (χ1n) is 2.91. The Bertz CT molecular complexity index is 115. The van der Waals surface area contributed by atoms with E-state index in [9.17, 15) is 0 Å². The quantitative estimate of drug-likeness (QED) is 0.471. The Balaban J connectivity index is 2.21. The van der Waals surface area contributed by atoms with Crippen LogP contribution in [-0.2, 0) is 0 Å². The third-order valence-electron chi connectivity index (χ3n) is 1.87. The van der Waals surface area contributed by atoms with Crippen molar-refractivity contribution in [1.82, 2.24) is 5.32 Å². The van der Waals surface area contributed by atoms with Gasteiger partial charge in [0, 0.05) is 18.2 Å². The maximum atomic E-state index is 3.27. The summed E-state index contributed by atoms with van der Waals surface area (Å²) in [5.74, 6) is 0.944. The van der Waals surface area contributed by atoms with Gasteiger partial charge in [0.25, 0.3) is 0 Å². The molecule has 2 aliphatic rings. The fourth-order valence-electron chi connectivity index (χ4n) is 1.30. The smallest absolute Gasteiger partial charge is 0.0227 e. The number of rotatable bonds is 0. The Kier molecular flexibility index (Phi) is 0.518. The summed E-state index contributed by atoms with van der Waals surface area (Å²) < 4.78 is 0. The Morgan fingerprint density at radius 3 is 3.00 bits per heavy atom. The van der Waals surface area contributed by atoms with Gasteiger partial charge < -0.3 is 5.32 Å². The van der Waals surface area contributed by atoms with Gasteiger partial charge in [-0.2, -0.15) is 0 Å². The molecule has 1 nitrogen and oxygen atoms in total. The third kappa shape index (κ3) is 0.328. The summed E-state index contributed by atoms with van der Waals surface area (Å²) in [6, 6.07) is 0. The molecule has 1 fully saturated rings. The summed E-state index contributed by atoms with van der Waals surface area (Å²) in [5, 5.41) is 3.27. The maximum absolute atomic E-state index is 3.27. The zero-order valence-electron chi connectivity index (χ0n) is 4.28. The molecule has 0 spiro atoms. The minimum Gasteiger partial charge on any atom is -0.388 e. The second kappa shape index (κ2) is 1.03. The number of hydrogen-bond donors (Lipinski definition) is 1. The van der Waals surface area contributed by atoms with Gasteiger partial charge in [-0.05, 0) is 12.8 Å². The fraction of sp³-hybridized carbons (Fsp3) is 0.667. The van der Waals surface area contributed by atoms with Crippen molar-refractivity contribution >= 4 is 0 Å². The monoisotopic (exact) mass is 95.1 g/mol. The van der Waals surface area contributed by atoms with Gasteiger partial charge in [-0.15, -0.1) is 0 Å². The van der Waals surface area contributed by atoms with Crippen molar-refractivity contribution in [3.05, 3.63) is 11.8 Å². The fourth-order valence-corrected chi connectivity index (χ4v) is 1.30. The summed E-state index contributed by atoms with van der Waals surface area (Å²) in [5.41, 5.74) is 1.51. The topological polar surface area (TPSA) is 12.0 Å². The highest BCUT2D eigenvalue weighted by molar-refractivity contribution is 5.18. The molecule has 0 amide bonds. The summed E-state index contributed by atoms with van der Waals surface area (Å²) >= 11 is 0. The van der Waals surface area contributed by atoms with Crippen molar-refractivity contribution in [3.63, 3.8) is 0 Å². The summed E-state index contributed by atoms with van der Waals surface area (Å²) in [7, 11) is 0. The van der Waals surface area contributed by atoms with Gasteiger partial charge in [-0.1, -0.05) is 6.08 Å². The van der Waals surface area contributed by atoms with Crippen LogP contribution < -0.4 is 5.32 Å². The van der Waals surface area contributed by atoms with E-state index < -0.39 is 0 Å². The first kappa shape index (κ1) is 3.53. The molecular weight excluding hydrogens is 86.1 g/mol. The molecule has 7 heavy (non-hydrogen) atoms. The number of nitrogens with one attached hydrogen (secondary N) is 1. The van der Waals surface area contributed by atoms with E-state index in [0.29, 0.717) is 0 Å². The Morgan fingerprint density at radius 2 is 2.71 bits per heavy atom. The molecule has 1 heteroatoms. The van der Waals surface area contributed by atoms with Crippen LogP contribution in [-0.4, -0.2) is 6.54 Å². The number of allylic oxidation sites excluding steroid dienone is 1. The van der Waals surface area contributed by atoms with Crippen LogP contribution in [0.25, 0.3) is 0 Å². The highest BCUT2D eigenvalue weighted by Crippen LogP contribution is 2.29. The summed E-state index contributed by atoms with van der Waals surface area (Å²) in [4.78, 5) is 0. The van der Waals surface area contributed by atoms with Crippen molar-refractivity contribution in [3.8, 4) is 0 Å². The van der Waals surface area contributed by atoms with Crippen molar-refractivity contribution in [1.29, 1.82) is 0 Å². The van der Waals surface area contributed by atoms with Crippen molar-refractivity contribution in [2.24, 2.45) is 5.92 Å². The zero-order valence-corrected chi connectivity index (χ0v) is 4.28. The molecule has 0 bridgehead atoms. The second-order valence-electron chi connectivity index (χ2n) is 2.31. The van der Waals surface area contributed by atoms with Gasteiger partial charge in [-0.25, -0.2) is 0 Å². The van der Waals surface area contributed by atoms with Crippen LogP contribution in [0, 0.1) is 5.92 Å². The molecule has 38 valence electrons. The van der Waals surface area contributed by atoms with Gasteiger partial charge in [0.2, 0.25) is 0 Å². The van der Waals surface area contributed by atoms with Crippen LogP contribution >= 0.6 is 0 Å². The minimum atomic E-state index is 0.944. The van der Waals surface area contributed by atoms with Crippen LogP contribution in [0.5, 0.6) is 0 Å². The van der Waals surface area contributed by atoms with Crippen LogP contribution in [0.15, 0.2) is 11.8 Å². The van der Waals surface area contributed by atoms with Crippen LogP contribution in [0.2, 0.25) is 0 Å². The van der Waals surface area contributed by atoms with Gasteiger partial charge >= 0.3 is 0 Å². The molecular formula is C6H9N. The first-order valence-corrected chi connectivity index (χ1v) is 2.91. The molecule has 1 N–H and O–H groups in total. The van der Waals surface area contributed by atoms with E-state index in [2.05, 4.69) is 11.4 Å². The van der Waals surface area contributed by atoms with E-state index >= 15 is 0 Å². The molecule has 0 aromatic carbocycles. The highest BCUT2D eigenvalue weighted by Gasteiger charge is 2.25. The lowest BCUT2D eigenvalue weighted by Crippen LogP contribution is -2.36. The van der Waals surface area contributed by atoms with Crippen molar-refractivity contribution in [2.75, 3.05) is 6.54 Å². The SMILES string of the molecule is C1=C2NCC2CC1. The average Bonchev–Trinajstić information content (AvgIpc) is 1.85. The Labute approximate surface area is 43.4 Å². The lowest BCUT2D eigenvalue weighted by Gasteiger charge is -2.27. The molecule has 0 aromatic rings. The summed E-state index contributed by atoms with van der Waals surface area (Å²) in [6.07, 6.45) is 5.03. The van der Waals surface area contributed by atoms with E-state index in [0.717, 1.165) is 5.92 Å². The lowest BCUT2D eigenvalue weighted by atomic mass is 10.0. The third-order valence-corrected chi connectivity index (χ3v) is 1.87. The van der Waals surface area contributed by atoms with Crippen molar-refractivity contribution in [2.45, 2.75) is 12.8 Å². The van der Waals surface area contributed by atoms with Crippen molar-refractivity contribution < 1.29 is 0 Å². The lowest BCUT2D eigenvalue weighted by molar-refractivity contribution is 0.444. The van der Waals surface area contributed by atoms with E-state index in [-0.39, 0.29) is 0 Å². The molecule has 0 radical (unpaired) electrons. The molecule has 1 aliphatic heterocycles. The van der Waals surface area contributed by atoms with Gasteiger partial charge in [-0.3, -0.25) is 0 Å². The highest BCUT2D eigenvalue weighted by atomic mass is 15.0. The largest absolute Gasteiger partial charge is 0.388 e. The van der Waals surface area contributed by atoms with Crippen LogP contribution in [0.3, 0.4) is 0 Å². The Morgan fingerprint density at radius 1 is 1.71 bits per heavy atom. The molecule has 0 aromatic heterocycles.